The summed E-state index contributed by atoms with van der Waals surface area (Å²) in [5, 5.41) is 17.6. The van der Waals surface area contributed by atoms with Crippen LogP contribution in [0.3, 0.4) is 0 Å². The van der Waals surface area contributed by atoms with Gasteiger partial charge in [-0.25, -0.2) is 0 Å². The van der Waals surface area contributed by atoms with Crippen molar-refractivity contribution in [2.45, 2.75) is 50.2 Å². The predicted octanol–water partition coefficient (Wildman–Crippen LogP) is 3.42. The largest absolute Gasteiger partial charge is 0.465 e. The van der Waals surface area contributed by atoms with Crippen molar-refractivity contribution in [3.8, 4) is 0 Å². The average molecular weight is 350 g/mol. The van der Waals surface area contributed by atoms with Crippen LogP contribution in [0.2, 0.25) is 0 Å². The van der Waals surface area contributed by atoms with Gasteiger partial charge >= 0.3 is 24.3 Å². The van der Waals surface area contributed by atoms with E-state index in [0.717, 1.165) is 0 Å². The molecule has 132 valence electrons. The Morgan fingerprint density at radius 3 is 1.50 bits per heavy atom. The fourth-order valence-corrected chi connectivity index (χ4v) is 1.17. The van der Waals surface area contributed by atoms with Gasteiger partial charge in [-0.2, -0.15) is 39.5 Å². The molecule has 0 aliphatic carbocycles. The van der Waals surface area contributed by atoms with Gasteiger partial charge in [0.2, 0.25) is 0 Å². The summed E-state index contributed by atoms with van der Waals surface area (Å²) in [6.07, 6.45) is -19.4. The smallest absolute Gasteiger partial charge is 0.455 e. The van der Waals surface area contributed by atoms with Crippen LogP contribution in [0.15, 0.2) is 11.8 Å². The van der Waals surface area contributed by atoms with E-state index in [-0.39, 0.29) is 13.2 Å². The Morgan fingerprint density at radius 1 is 0.864 bits per heavy atom. The van der Waals surface area contributed by atoms with Crippen molar-refractivity contribution in [2.75, 3.05) is 0 Å². The van der Waals surface area contributed by atoms with E-state index in [9.17, 15) is 39.5 Å². The lowest BCUT2D eigenvalue weighted by atomic mass is 9.97. The Hall–Kier alpha value is -1.17. The SMILES string of the molecule is C/C(=C\OC(O)(C(F)(F)F)C(F)(F)F)CC(C)(O)C(F)(F)F. The normalized spacial score (nSPS) is 18.1. The van der Waals surface area contributed by atoms with Crippen LogP contribution < -0.4 is 0 Å². The summed E-state index contributed by atoms with van der Waals surface area (Å²) in [4.78, 5) is 0. The lowest BCUT2D eigenvalue weighted by molar-refractivity contribution is -0.445. The second-order valence-electron chi connectivity index (χ2n) is 4.67. The molecule has 0 rings (SSSR count). The third-order valence-corrected chi connectivity index (χ3v) is 2.43. The fourth-order valence-electron chi connectivity index (χ4n) is 1.17. The van der Waals surface area contributed by atoms with E-state index in [1.54, 1.807) is 0 Å². The highest BCUT2D eigenvalue weighted by Crippen LogP contribution is 2.44. The molecule has 1 unspecified atom stereocenters. The molecule has 1 atom stereocenters. The Balaban J connectivity index is 5.31. The van der Waals surface area contributed by atoms with Gasteiger partial charge in [0.25, 0.3) is 0 Å². The van der Waals surface area contributed by atoms with Gasteiger partial charge in [0, 0.05) is 6.42 Å². The van der Waals surface area contributed by atoms with E-state index in [4.69, 9.17) is 10.2 Å². The van der Waals surface area contributed by atoms with Gasteiger partial charge in [-0.3, -0.25) is 0 Å². The van der Waals surface area contributed by atoms with Crippen LogP contribution >= 0.6 is 0 Å². The van der Waals surface area contributed by atoms with E-state index in [2.05, 4.69) is 4.74 Å². The van der Waals surface area contributed by atoms with Gasteiger partial charge in [0.05, 0.1) is 6.26 Å². The molecule has 0 saturated carbocycles. The lowest BCUT2D eigenvalue weighted by Crippen LogP contribution is -2.58. The Morgan fingerprint density at radius 2 is 1.23 bits per heavy atom. The van der Waals surface area contributed by atoms with Crippen LogP contribution in [0, 0.1) is 0 Å². The number of aliphatic hydroxyl groups is 2. The van der Waals surface area contributed by atoms with E-state index in [1.165, 1.54) is 0 Å². The van der Waals surface area contributed by atoms with Crippen molar-refractivity contribution >= 4 is 0 Å². The van der Waals surface area contributed by atoms with Crippen LogP contribution in [0.25, 0.3) is 0 Å². The molecule has 0 heterocycles. The molecule has 2 N–H and O–H groups in total. The summed E-state index contributed by atoms with van der Waals surface area (Å²) < 4.78 is 114. The summed E-state index contributed by atoms with van der Waals surface area (Å²) in [5.74, 6) is -5.58. The maximum Gasteiger partial charge on any atom is 0.465 e. The van der Waals surface area contributed by atoms with Crippen molar-refractivity contribution in [2.24, 2.45) is 0 Å². The first-order valence-electron chi connectivity index (χ1n) is 5.33. The summed E-state index contributed by atoms with van der Waals surface area (Å²) in [7, 11) is 0. The summed E-state index contributed by atoms with van der Waals surface area (Å²) in [6, 6.07) is 0. The minimum absolute atomic E-state index is 0.268. The zero-order valence-electron chi connectivity index (χ0n) is 11.0. The maximum atomic E-state index is 12.3. The molecule has 0 aromatic rings. The van der Waals surface area contributed by atoms with Gasteiger partial charge in [-0.05, 0) is 19.4 Å². The van der Waals surface area contributed by atoms with Crippen molar-refractivity contribution < 1.29 is 54.5 Å². The van der Waals surface area contributed by atoms with Gasteiger partial charge in [-0.15, -0.1) is 0 Å². The first-order valence-corrected chi connectivity index (χ1v) is 5.33. The minimum atomic E-state index is -6.28. The summed E-state index contributed by atoms with van der Waals surface area (Å²) in [6.45, 7) is 0.956. The molecule has 0 bridgehead atoms. The van der Waals surface area contributed by atoms with Crippen molar-refractivity contribution in [1.82, 2.24) is 0 Å². The minimum Gasteiger partial charge on any atom is -0.455 e. The Kier molecular flexibility index (Phi) is 5.49. The molecule has 3 nitrogen and oxygen atoms in total. The highest BCUT2D eigenvalue weighted by Gasteiger charge is 2.73. The molecule has 0 saturated heterocycles. The van der Waals surface area contributed by atoms with Gasteiger partial charge in [-0.1, -0.05) is 0 Å². The van der Waals surface area contributed by atoms with Crippen LogP contribution in [0.4, 0.5) is 39.5 Å². The molecule has 0 aromatic heterocycles. The standard InChI is InChI=1S/C10H11F9O3/c1-5(3-6(2,20)8(11,12)13)4-22-7(21,9(14,15)16)10(17,18)19/h4,20-21H,3H2,1-2H3/b5-4+. The number of alkyl halides is 9. The molecule has 0 spiro atoms. The van der Waals surface area contributed by atoms with Gasteiger partial charge in [0.1, 0.15) is 0 Å². The molecular formula is C10H11F9O3. The molecule has 0 aromatic carbocycles. The molecule has 12 heteroatoms. The summed E-state index contributed by atoms with van der Waals surface area (Å²) >= 11 is 0. The topological polar surface area (TPSA) is 49.7 Å². The number of hydrogen-bond acceptors (Lipinski definition) is 3. The fraction of sp³-hybridized carbons (Fsp3) is 0.800. The van der Waals surface area contributed by atoms with E-state index >= 15 is 0 Å². The van der Waals surface area contributed by atoms with Gasteiger partial charge in [0.15, 0.2) is 5.60 Å². The average Bonchev–Trinajstić information content (AvgIpc) is 2.20. The molecule has 0 aliphatic heterocycles. The highest BCUT2D eigenvalue weighted by atomic mass is 19.4. The predicted molar refractivity (Wildman–Crippen MR) is 53.2 cm³/mol. The van der Waals surface area contributed by atoms with Crippen molar-refractivity contribution in [3.63, 3.8) is 0 Å². The van der Waals surface area contributed by atoms with Crippen LogP contribution in [0.5, 0.6) is 0 Å². The van der Waals surface area contributed by atoms with Gasteiger partial charge < -0.3 is 14.9 Å². The van der Waals surface area contributed by atoms with E-state index in [1.807, 2.05) is 0 Å². The molecule has 0 radical (unpaired) electrons. The van der Waals surface area contributed by atoms with Crippen LogP contribution in [-0.4, -0.2) is 40.1 Å². The van der Waals surface area contributed by atoms with E-state index < -0.39 is 41.9 Å². The summed E-state index contributed by atoms with van der Waals surface area (Å²) in [5.41, 5.74) is -4.21. The number of halogens is 9. The van der Waals surface area contributed by atoms with Crippen LogP contribution in [-0.2, 0) is 4.74 Å². The molecule has 0 fully saturated rings. The third kappa shape index (κ3) is 4.41. The maximum absolute atomic E-state index is 12.3. The number of ether oxygens (including phenoxy) is 1. The molecule has 0 aliphatic rings. The van der Waals surface area contributed by atoms with Crippen LogP contribution in [0.1, 0.15) is 20.3 Å². The first kappa shape index (κ1) is 20.8. The third-order valence-electron chi connectivity index (χ3n) is 2.43. The zero-order chi connectivity index (χ0) is 18.2. The molecule has 0 amide bonds. The Bertz CT molecular complexity index is 403. The zero-order valence-corrected chi connectivity index (χ0v) is 11.0. The Labute approximate surface area is 118 Å². The lowest BCUT2D eigenvalue weighted by Gasteiger charge is -2.31. The van der Waals surface area contributed by atoms with Crippen molar-refractivity contribution in [1.29, 1.82) is 0 Å². The number of hydrogen-bond donors (Lipinski definition) is 2. The van der Waals surface area contributed by atoms with Crippen molar-refractivity contribution in [3.05, 3.63) is 11.8 Å². The second-order valence-corrected chi connectivity index (χ2v) is 4.67. The number of rotatable bonds is 4. The first-order chi connectivity index (χ1) is 9.35. The second kappa shape index (κ2) is 5.80. The quantitative estimate of drug-likeness (QED) is 0.464. The molecular weight excluding hydrogens is 339 g/mol. The molecule has 22 heavy (non-hydrogen) atoms. The van der Waals surface area contributed by atoms with E-state index in [0.29, 0.717) is 6.92 Å². The highest BCUT2D eigenvalue weighted by molar-refractivity contribution is 5.03. The monoisotopic (exact) mass is 350 g/mol.